The van der Waals surface area contributed by atoms with Gasteiger partial charge in [-0.1, -0.05) is 33.6 Å². The van der Waals surface area contributed by atoms with E-state index in [0.717, 1.165) is 61.3 Å². The van der Waals surface area contributed by atoms with Crippen LogP contribution in [0.3, 0.4) is 0 Å². The van der Waals surface area contributed by atoms with Gasteiger partial charge in [-0.05, 0) is 62.8 Å². The van der Waals surface area contributed by atoms with Crippen molar-refractivity contribution in [1.29, 1.82) is 0 Å². The van der Waals surface area contributed by atoms with E-state index < -0.39 is 23.4 Å². The fourth-order valence-electron chi connectivity index (χ4n) is 10.00. The highest BCUT2D eigenvalue weighted by Crippen LogP contribution is 2.56. The number of nitrogen functional groups attached to an aromatic ring is 2. The van der Waals surface area contributed by atoms with Crippen LogP contribution < -0.4 is 22.1 Å². The summed E-state index contributed by atoms with van der Waals surface area (Å²) >= 11 is 13.9. The van der Waals surface area contributed by atoms with E-state index in [-0.39, 0.29) is 56.5 Å². The van der Waals surface area contributed by atoms with Gasteiger partial charge in [0, 0.05) is 122 Å². The van der Waals surface area contributed by atoms with Crippen LogP contribution in [0.5, 0.6) is 0 Å². The molecule has 4 aliphatic rings. The van der Waals surface area contributed by atoms with Crippen LogP contribution in [0.2, 0.25) is 10.0 Å². The van der Waals surface area contributed by atoms with Crippen LogP contribution in [0.4, 0.5) is 31.8 Å². The second kappa shape index (κ2) is 16.3. The third kappa shape index (κ3) is 7.03. The van der Waals surface area contributed by atoms with Gasteiger partial charge in [-0.2, -0.15) is 0 Å². The number of anilines is 4. The maximum absolute atomic E-state index is 15.5. The molecule has 332 valence electrons. The van der Waals surface area contributed by atoms with Gasteiger partial charge in [0.05, 0.1) is 45.6 Å². The molecular formula is C44H46Cl2F2N14O2. The number of hydrogen-bond donors (Lipinski definition) is 4. The largest absolute Gasteiger partial charge is 0.398 e. The molecule has 2 amide bonds. The third-order valence-corrected chi connectivity index (χ3v) is 14.0. The Morgan fingerprint density at radius 3 is 1.45 bits per heavy atom. The van der Waals surface area contributed by atoms with Gasteiger partial charge in [0.15, 0.2) is 0 Å². The van der Waals surface area contributed by atoms with E-state index in [0.29, 0.717) is 34.3 Å². The molecule has 16 nitrogen and oxygen atoms in total. The van der Waals surface area contributed by atoms with Gasteiger partial charge in [0.2, 0.25) is 0 Å². The van der Waals surface area contributed by atoms with E-state index in [1.165, 1.54) is 21.9 Å². The molecular weight excluding hydrogens is 865 g/mol. The Labute approximate surface area is 377 Å². The lowest BCUT2D eigenvalue weighted by molar-refractivity contribution is 0.0816. The van der Waals surface area contributed by atoms with Gasteiger partial charge in [0.25, 0.3) is 11.8 Å². The Morgan fingerprint density at radius 1 is 0.688 bits per heavy atom. The average Bonchev–Trinajstić information content (AvgIpc) is 4.14. The molecule has 20 heteroatoms. The molecule has 0 saturated heterocycles. The van der Waals surface area contributed by atoms with E-state index in [9.17, 15) is 9.59 Å². The van der Waals surface area contributed by atoms with Crippen molar-refractivity contribution >= 4 is 58.0 Å². The molecule has 6 aromatic rings. The summed E-state index contributed by atoms with van der Waals surface area (Å²) in [4.78, 5) is 36.8. The SMILES string of the molecule is CN(C)C(=O)c1c(N)ccc(-c2cnc3c(c2Cl)[C@]2(CC[C@@H](n4ccnn4)C2)CN3)c1F.CN(C)C(=O)c1c(N)ccc(-c2cnc3c(c2Cl)[C@]2(CC[C@H](n4ccnn4)C2)CN3)c1F. The fraction of sp³-hybridized carbons (Fsp3) is 0.364. The van der Waals surface area contributed by atoms with Crippen LogP contribution in [-0.2, 0) is 10.8 Å². The lowest BCUT2D eigenvalue weighted by Gasteiger charge is -2.25. The second-order valence-corrected chi connectivity index (χ2v) is 18.2. The van der Waals surface area contributed by atoms with Crippen LogP contribution in [0.25, 0.3) is 22.3 Å². The summed E-state index contributed by atoms with van der Waals surface area (Å²) in [7, 11) is 6.22. The number of rotatable bonds is 6. The molecule has 2 aliphatic heterocycles. The molecule has 4 atom stereocenters. The van der Waals surface area contributed by atoms with Crippen molar-refractivity contribution in [3.63, 3.8) is 0 Å². The first-order valence-corrected chi connectivity index (χ1v) is 21.6. The molecule has 2 fully saturated rings. The van der Waals surface area contributed by atoms with Crippen LogP contribution in [-0.4, -0.2) is 103 Å². The average molecular weight is 912 g/mol. The summed E-state index contributed by atoms with van der Waals surface area (Å²) in [6.07, 6.45) is 15.5. The number of amides is 2. The molecule has 6 heterocycles. The summed E-state index contributed by atoms with van der Waals surface area (Å²) in [6.45, 7) is 1.41. The van der Waals surface area contributed by atoms with Gasteiger partial charge >= 0.3 is 0 Å². The normalized spacial score (nSPS) is 21.6. The molecule has 6 N–H and O–H groups in total. The number of nitrogens with two attached hydrogens (primary N) is 2. The van der Waals surface area contributed by atoms with Crippen molar-refractivity contribution in [3.8, 4) is 22.3 Å². The van der Waals surface area contributed by atoms with E-state index in [1.54, 1.807) is 65.1 Å². The molecule has 64 heavy (non-hydrogen) atoms. The number of nitrogens with one attached hydrogen (secondary N) is 2. The number of pyridine rings is 2. The predicted molar refractivity (Wildman–Crippen MR) is 240 cm³/mol. The molecule has 0 radical (unpaired) electrons. The molecule has 2 aliphatic carbocycles. The zero-order chi connectivity index (χ0) is 45.2. The Morgan fingerprint density at radius 2 is 1.09 bits per heavy atom. The first-order valence-electron chi connectivity index (χ1n) is 20.8. The lowest BCUT2D eigenvalue weighted by Crippen LogP contribution is -2.26. The number of carbonyl (C=O) groups is 2. The minimum absolute atomic E-state index is 0.0831. The van der Waals surface area contributed by atoms with Gasteiger partial charge in [-0.15, -0.1) is 10.2 Å². The molecule has 10 rings (SSSR count). The van der Waals surface area contributed by atoms with Crippen LogP contribution in [0.15, 0.2) is 61.4 Å². The van der Waals surface area contributed by atoms with Crippen molar-refractivity contribution < 1.29 is 18.4 Å². The number of carbonyl (C=O) groups excluding carboxylic acids is 2. The summed E-state index contributed by atoms with van der Waals surface area (Å²) in [5.74, 6) is -0.955. The Bertz CT molecular complexity index is 2620. The number of aromatic nitrogens is 8. The molecule has 4 aromatic heterocycles. The standard InChI is InChI=1S/2C22H23ClFN7O/c2*1-30(2)21(32)16-15(25)4-3-13(19(16)24)14-10-26-20-17(18(14)23)22(11-27-20)6-5-12(9-22)31-8-7-28-29-31/h2*3-4,7-8,10,12H,5-6,9,11,25H2,1-2H3,(H,26,27)/t12-,22+;12-,22-/m10/s1. The van der Waals surface area contributed by atoms with Crippen molar-refractivity contribution in [2.45, 2.75) is 61.4 Å². The smallest absolute Gasteiger partial charge is 0.258 e. The Balaban J connectivity index is 0.000000162. The molecule has 0 bridgehead atoms. The number of fused-ring (bicyclic) bond motifs is 4. The zero-order valence-electron chi connectivity index (χ0n) is 35.5. The molecule has 2 saturated carbocycles. The van der Waals surface area contributed by atoms with E-state index >= 15 is 8.78 Å². The summed E-state index contributed by atoms with van der Waals surface area (Å²) in [6, 6.07) is 6.58. The lowest BCUT2D eigenvalue weighted by atomic mass is 9.80. The minimum Gasteiger partial charge on any atom is -0.398 e. The van der Waals surface area contributed by atoms with Crippen molar-refractivity contribution in [3.05, 3.63) is 105 Å². The van der Waals surface area contributed by atoms with Crippen LogP contribution in [0.1, 0.15) is 82.5 Å². The van der Waals surface area contributed by atoms with Gasteiger partial charge in [-0.3, -0.25) is 9.59 Å². The monoisotopic (exact) mass is 910 g/mol. The maximum Gasteiger partial charge on any atom is 0.258 e. The van der Waals surface area contributed by atoms with E-state index in [1.807, 2.05) is 21.8 Å². The molecule has 2 aromatic carbocycles. The number of benzene rings is 2. The zero-order valence-corrected chi connectivity index (χ0v) is 37.1. The van der Waals surface area contributed by atoms with Crippen molar-refractivity contribution in [2.24, 2.45) is 0 Å². The van der Waals surface area contributed by atoms with Crippen molar-refractivity contribution in [1.82, 2.24) is 49.8 Å². The first kappa shape index (κ1) is 42.9. The van der Waals surface area contributed by atoms with E-state index in [2.05, 4.69) is 41.2 Å². The maximum atomic E-state index is 15.5. The summed E-state index contributed by atoms with van der Waals surface area (Å²) in [5.41, 5.74) is 14.4. The van der Waals surface area contributed by atoms with Crippen LogP contribution in [0, 0.1) is 11.6 Å². The second-order valence-electron chi connectivity index (χ2n) is 17.4. The highest BCUT2D eigenvalue weighted by atomic mass is 35.5. The minimum atomic E-state index is -0.695. The highest BCUT2D eigenvalue weighted by molar-refractivity contribution is 6.35. The van der Waals surface area contributed by atoms with Gasteiger partial charge in [-0.25, -0.2) is 28.1 Å². The van der Waals surface area contributed by atoms with Gasteiger partial charge in [0.1, 0.15) is 23.3 Å². The van der Waals surface area contributed by atoms with Gasteiger partial charge < -0.3 is 31.9 Å². The Kier molecular flexibility index (Phi) is 10.9. The van der Waals surface area contributed by atoms with E-state index in [4.69, 9.17) is 34.7 Å². The summed E-state index contributed by atoms with van der Waals surface area (Å²) in [5, 5.41) is 23.8. The third-order valence-electron chi connectivity index (χ3n) is 13.2. The Hall–Kier alpha value is -6.40. The number of halogens is 4. The quantitative estimate of drug-likeness (QED) is 0.125. The predicted octanol–water partition coefficient (Wildman–Crippen LogP) is 7.01. The fourth-order valence-corrected chi connectivity index (χ4v) is 10.9. The molecule has 2 spiro atoms. The number of hydrogen-bond acceptors (Lipinski definition) is 12. The summed E-state index contributed by atoms with van der Waals surface area (Å²) < 4.78 is 34.8. The topological polar surface area (TPSA) is 204 Å². The molecule has 0 unspecified atom stereocenters. The number of nitrogens with zero attached hydrogens (tertiary/aromatic N) is 10. The van der Waals surface area contributed by atoms with Crippen LogP contribution >= 0.6 is 23.2 Å². The first-order chi connectivity index (χ1) is 30.6. The van der Waals surface area contributed by atoms with Crippen molar-refractivity contribution in [2.75, 3.05) is 63.4 Å². The highest BCUT2D eigenvalue weighted by Gasteiger charge is 2.50.